The monoisotopic (exact) mass is 533 g/mol. The van der Waals surface area contributed by atoms with Crippen molar-refractivity contribution < 1.29 is 14.6 Å². The third-order valence-corrected chi connectivity index (χ3v) is 10.4. The minimum Gasteiger partial charge on any atom is -0.481 e. The van der Waals surface area contributed by atoms with Gasteiger partial charge in [0.05, 0.1) is 24.2 Å². The number of carbonyl (C=O) groups is 1. The number of carboxylic acid groups (broad SMARTS) is 1. The normalized spacial score (nSPS) is 37.1. The molecule has 3 aliphatic heterocycles. The van der Waals surface area contributed by atoms with Gasteiger partial charge in [-0.3, -0.25) is 15.1 Å². The molecule has 0 radical (unpaired) electrons. The fourth-order valence-corrected chi connectivity index (χ4v) is 8.11. The van der Waals surface area contributed by atoms with Crippen LogP contribution in [-0.2, 0) is 9.53 Å². The molecule has 0 aromatic rings. The van der Waals surface area contributed by atoms with Gasteiger partial charge in [0.2, 0.25) is 0 Å². The maximum atomic E-state index is 11.8. The molecule has 0 bridgehead atoms. The largest absolute Gasteiger partial charge is 0.481 e. The molecule has 3 heterocycles. The summed E-state index contributed by atoms with van der Waals surface area (Å²) in [5.74, 6) is 0.363. The van der Waals surface area contributed by atoms with Crippen LogP contribution >= 0.6 is 0 Å². The van der Waals surface area contributed by atoms with Crippen LogP contribution in [0.4, 0.5) is 0 Å². The molecule has 5 aliphatic rings. The van der Waals surface area contributed by atoms with E-state index in [1.165, 1.54) is 77.3 Å². The lowest BCUT2D eigenvalue weighted by molar-refractivity contribution is -0.157. The van der Waals surface area contributed by atoms with Crippen LogP contribution in [0.1, 0.15) is 85.0 Å². The molecular weight excluding hydrogens is 478 g/mol. The summed E-state index contributed by atoms with van der Waals surface area (Å²) in [6, 6.07) is 2.10. The highest BCUT2D eigenvalue weighted by Crippen LogP contribution is 2.39. The molecule has 2 aliphatic carbocycles. The van der Waals surface area contributed by atoms with Crippen molar-refractivity contribution in [2.75, 3.05) is 52.4 Å². The second kappa shape index (κ2) is 12.8. The molecule has 5 rings (SSSR count). The van der Waals surface area contributed by atoms with Crippen LogP contribution in [0, 0.1) is 17.3 Å². The number of hydrazine groups is 1. The van der Waals surface area contributed by atoms with Gasteiger partial charge in [-0.1, -0.05) is 26.2 Å². The molecule has 2 saturated carbocycles. The fourth-order valence-electron chi connectivity index (χ4n) is 8.11. The van der Waals surface area contributed by atoms with Crippen LogP contribution in [-0.4, -0.2) is 109 Å². The molecule has 0 aromatic carbocycles. The Morgan fingerprint density at radius 1 is 0.974 bits per heavy atom. The summed E-state index contributed by atoms with van der Waals surface area (Å²) in [6.07, 6.45) is 13.2. The Balaban J connectivity index is 1.20. The van der Waals surface area contributed by atoms with E-state index in [1.54, 1.807) is 13.8 Å². The van der Waals surface area contributed by atoms with Crippen molar-refractivity contribution in [3.63, 3.8) is 0 Å². The molecule has 3 N–H and O–H groups in total. The Hall–Kier alpha value is -0.770. The zero-order chi connectivity index (χ0) is 26.7. The van der Waals surface area contributed by atoms with Crippen molar-refractivity contribution >= 4 is 5.97 Å². The number of fused-ring (bicyclic) bond motifs is 1. The average Bonchev–Trinajstić information content (AvgIpc) is 3.26. The van der Waals surface area contributed by atoms with Crippen molar-refractivity contribution in [1.82, 2.24) is 25.6 Å². The Morgan fingerprint density at radius 3 is 2.58 bits per heavy atom. The van der Waals surface area contributed by atoms with Gasteiger partial charge in [-0.05, 0) is 90.3 Å². The SMILES string of the molecule is CC1CC2CCCNC2C(N2CCCN(CC3CCN(C4CCCCC4)N3)CC2)C1OCC(C)(C)C(=O)O. The summed E-state index contributed by atoms with van der Waals surface area (Å²) in [5, 5.41) is 16.2. The first kappa shape index (κ1) is 28.7. The molecule has 38 heavy (non-hydrogen) atoms. The highest BCUT2D eigenvalue weighted by atomic mass is 16.5. The summed E-state index contributed by atoms with van der Waals surface area (Å²) in [6.45, 7) is 14.1. The van der Waals surface area contributed by atoms with Gasteiger partial charge in [-0.2, -0.15) is 0 Å². The molecule has 218 valence electrons. The molecule has 6 atom stereocenters. The highest BCUT2D eigenvalue weighted by Gasteiger charge is 2.48. The van der Waals surface area contributed by atoms with Crippen molar-refractivity contribution in [2.24, 2.45) is 17.3 Å². The predicted octanol–water partition coefficient (Wildman–Crippen LogP) is 3.18. The van der Waals surface area contributed by atoms with E-state index < -0.39 is 11.4 Å². The van der Waals surface area contributed by atoms with E-state index in [4.69, 9.17) is 4.74 Å². The van der Waals surface area contributed by atoms with E-state index in [-0.39, 0.29) is 12.7 Å². The summed E-state index contributed by atoms with van der Waals surface area (Å²) >= 11 is 0. The van der Waals surface area contributed by atoms with Gasteiger partial charge in [-0.25, -0.2) is 5.01 Å². The Labute approximate surface area is 231 Å². The molecule has 3 saturated heterocycles. The van der Waals surface area contributed by atoms with E-state index >= 15 is 0 Å². The van der Waals surface area contributed by atoms with Crippen LogP contribution in [0.15, 0.2) is 0 Å². The maximum Gasteiger partial charge on any atom is 0.311 e. The molecule has 0 aromatic heterocycles. The predicted molar refractivity (Wildman–Crippen MR) is 151 cm³/mol. The van der Waals surface area contributed by atoms with E-state index in [2.05, 4.69) is 32.5 Å². The van der Waals surface area contributed by atoms with Crippen LogP contribution in [0.3, 0.4) is 0 Å². The van der Waals surface area contributed by atoms with Crippen LogP contribution in [0.5, 0.6) is 0 Å². The number of hydrogen-bond acceptors (Lipinski definition) is 7. The first-order chi connectivity index (χ1) is 18.3. The average molecular weight is 534 g/mol. The number of piperidine rings is 1. The first-order valence-corrected chi connectivity index (χ1v) is 15.9. The Kier molecular flexibility index (Phi) is 9.70. The van der Waals surface area contributed by atoms with Gasteiger partial charge in [0.1, 0.15) is 0 Å². The van der Waals surface area contributed by atoms with Gasteiger partial charge in [0.15, 0.2) is 0 Å². The summed E-state index contributed by atoms with van der Waals surface area (Å²) in [5.41, 5.74) is 3.03. The summed E-state index contributed by atoms with van der Waals surface area (Å²) < 4.78 is 6.59. The number of carboxylic acids is 1. The maximum absolute atomic E-state index is 11.8. The Bertz CT molecular complexity index is 775. The smallest absolute Gasteiger partial charge is 0.311 e. The van der Waals surface area contributed by atoms with E-state index in [0.717, 1.165) is 38.8 Å². The van der Waals surface area contributed by atoms with E-state index in [0.29, 0.717) is 30.0 Å². The number of nitrogens with zero attached hydrogens (tertiary/aromatic N) is 3. The second-order valence-electron chi connectivity index (χ2n) is 13.8. The lowest BCUT2D eigenvalue weighted by Crippen LogP contribution is -2.66. The fraction of sp³-hybridized carbons (Fsp3) is 0.967. The van der Waals surface area contributed by atoms with Crippen LogP contribution in [0.25, 0.3) is 0 Å². The zero-order valence-electron chi connectivity index (χ0n) is 24.4. The van der Waals surface area contributed by atoms with Gasteiger partial charge >= 0.3 is 5.97 Å². The Morgan fingerprint density at radius 2 is 1.79 bits per heavy atom. The van der Waals surface area contributed by atoms with Crippen molar-refractivity contribution in [1.29, 1.82) is 0 Å². The van der Waals surface area contributed by atoms with E-state index in [9.17, 15) is 9.90 Å². The van der Waals surface area contributed by atoms with Gasteiger partial charge in [0.25, 0.3) is 0 Å². The number of rotatable bonds is 8. The van der Waals surface area contributed by atoms with Crippen LogP contribution in [0.2, 0.25) is 0 Å². The van der Waals surface area contributed by atoms with Crippen molar-refractivity contribution in [3.05, 3.63) is 0 Å². The second-order valence-corrected chi connectivity index (χ2v) is 13.8. The molecular formula is C30H55N5O3. The lowest BCUT2D eigenvalue weighted by Gasteiger charge is -2.52. The minimum absolute atomic E-state index is 0.0765. The first-order valence-electron chi connectivity index (χ1n) is 15.9. The molecule has 8 nitrogen and oxygen atoms in total. The topological polar surface area (TPSA) is 80.3 Å². The number of ether oxygens (including phenoxy) is 1. The van der Waals surface area contributed by atoms with Crippen molar-refractivity contribution in [2.45, 2.75) is 115 Å². The van der Waals surface area contributed by atoms with E-state index in [1.807, 2.05) is 0 Å². The summed E-state index contributed by atoms with van der Waals surface area (Å²) in [4.78, 5) is 17.2. The number of nitrogens with one attached hydrogen (secondary N) is 2. The summed E-state index contributed by atoms with van der Waals surface area (Å²) in [7, 11) is 0. The molecule has 5 fully saturated rings. The molecule has 0 spiro atoms. The molecule has 8 heteroatoms. The molecule has 6 unspecified atom stereocenters. The van der Waals surface area contributed by atoms with Gasteiger partial charge in [0, 0.05) is 44.3 Å². The van der Waals surface area contributed by atoms with Crippen molar-refractivity contribution in [3.8, 4) is 0 Å². The highest BCUT2D eigenvalue weighted by molar-refractivity contribution is 5.73. The number of hydrogen-bond donors (Lipinski definition) is 3. The van der Waals surface area contributed by atoms with Gasteiger partial charge in [-0.15, -0.1) is 0 Å². The standard InChI is InChI=1S/C30H55N5O3/c1-22-19-23-9-7-13-31-26(23)27(28(22)38-21-30(2,3)29(36)37)34-15-8-14-33(17-18-34)20-24-12-16-35(32-24)25-10-5-4-6-11-25/h22-28,31-32H,4-21H2,1-3H3,(H,36,37). The third-order valence-electron chi connectivity index (χ3n) is 10.4. The van der Waals surface area contributed by atoms with Crippen LogP contribution < -0.4 is 10.7 Å². The van der Waals surface area contributed by atoms with Gasteiger partial charge < -0.3 is 20.1 Å². The molecule has 0 amide bonds. The third kappa shape index (κ3) is 6.74. The lowest BCUT2D eigenvalue weighted by atomic mass is 9.70. The zero-order valence-corrected chi connectivity index (χ0v) is 24.4. The quantitative estimate of drug-likeness (QED) is 0.439. The minimum atomic E-state index is -0.865. The number of aliphatic carboxylic acids is 1.